The van der Waals surface area contributed by atoms with Crippen molar-refractivity contribution in [1.82, 2.24) is 4.31 Å². The van der Waals surface area contributed by atoms with Gasteiger partial charge in [0.15, 0.2) is 0 Å². The molecule has 0 fully saturated rings. The lowest BCUT2D eigenvalue weighted by atomic mass is 10.2. The van der Waals surface area contributed by atoms with Crippen molar-refractivity contribution in [3.8, 4) is 0 Å². The van der Waals surface area contributed by atoms with Crippen molar-refractivity contribution in [3.63, 3.8) is 0 Å². The zero-order valence-corrected chi connectivity index (χ0v) is 14.7. The Morgan fingerprint density at radius 3 is 2.30 bits per heavy atom. The van der Waals surface area contributed by atoms with Crippen molar-refractivity contribution < 1.29 is 13.2 Å². The largest absolute Gasteiger partial charge is 0.322 e. The van der Waals surface area contributed by atoms with Gasteiger partial charge < -0.3 is 5.32 Å². The molecule has 0 unspecified atom stereocenters. The number of sulfonamides is 1. The SMILES string of the molecule is CSc1cccc(NC(=O)c2ccc(S(=O)(=O)N(C)C)cc2)c1. The minimum atomic E-state index is -3.49. The van der Waals surface area contributed by atoms with Crippen molar-refractivity contribution in [2.24, 2.45) is 0 Å². The van der Waals surface area contributed by atoms with Crippen LogP contribution in [0.1, 0.15) is 10.4 Å². The monoisotopic (exact) mass is 350 g/mol. The summed E-state index contributed by atoms with van der Waals surface area (Å²) in [6.45, 7) is 0. The van der Waals surface area contributed by atoms with Gasteiger partial charge in [0.05, 0.1) is 4.90 Å². The average molecular weight is 350 g/mol. The summed E-state index contributed by atoms with van der Waals surface area (Å²) in [4.78, 5) is 13.4. The number of amides is 1. The van der Waals surface area contributed by atoms with Crippen molar-refractivity contribution in [3.05, 3.63) is 54.1 Å². The molecular weight excluding hydrogens is 332 g/mol. The first-order valence-corrected chi connectivity index (χ1v) is 9.49. The molecule has 2 aromatic carbocycles. The Labute approximate surface area is 140 Å². The maximum atomic E-state index is 12.2. The van der Waals surface area contributed by atoms with Crippen LogP contribution in [0.5, 0.6) is 0 Å². The van der Waals surface area contributed by atoms with Crippen LogP contribution >= 0.6 is 11.8 Å². The van der Waals surface area contributed by atoms with E-state index in [1.807, 2.05) is 30.5 Å². The number of nitrogens with zero attached hydrogens (tertiary/aromatic N) is 1. The van der Waals surface area contributed by atoms with E-state index in [2.05, 4.69) is 5.32 Å². The van der Waals surface area contributed by atoms with Gasteiger partial charge >= 0.3 is 0 Å². The second kappa shape index (κ2) is 7.16. The highest BCUT2D eigenvalue weighted by Crippen LogP contribution is 2.20. The molecule has 7 heteroatoms. The Morgan fingerprint density at radius 2 is 1.74 bits per heavy atom. The zero-order valence-electron chi connectivity index (χ0n) is 13.1. The molecule has 1 N–H and O–H groups in total. The molecule has 0 radical (unpaired) electrons. The van der Waals surface area contributed by atoms with Crippen LogP contribution < -0.4 is 5.32 Å². The normalized spacial score (nSPS) is 11.5. The van der Waals surface area contributed by atoms with Crippen molar-refractivity contribution in [2.75, 3.05) is 25.7 Å². The molecule has 2 rings (SSSR count). The quantitative estimate of drug-likeness (QED) is 0.842. The highest BCUT2D eigenvalue weighted by atomic mass is 32.2. The van der Waals surface area contributed by atoms with Crippen molar-refractivity contribution in [1.29, 1.82) is 0 Å². The third-order valence-corrected chi connectivity index (χ3v) is 5.78. The summed E-state index contributed by atoms with van der Waals surface area (Å²) in [6, 6.07) is 13.4. The van der Waals surface area contributed by atoms with E-state index in [9.17, 15) is 13.2 Å². The molecule has 2 aromatic rings. The first kappa shape index (κ1) is 17.5. The Morgan fingerprint density at radius 1 is 1.09 bits per heavy atom. The number of carbonyl (C=O) groups excluding carboxylic acids is 1. The van der Waals surface area contributed by atoms with Crippen LogP contribution in [0.4, 0.5) is 5.69 Å². The molecule has 0 aliphatic carbocycles. The van der Waals surface area contributed by atoms with Gasteiger partial charge in [-0.2, -0.15) is 0 Å². The minimum absolute atomic E-state index is 0.156. The van der Waals surface area contributed by atoms with Gasteiger partial charge in [-0.15, -0.1) is 11.8 Å². The van der Waals surface area contributed by atoms with Gasteiger partial charge in [-0.05, 0) is 48.7 Å². The molecule has 0 spiro atoms. The van der Waals surface area contributed by atoms with Gasteiger partial charge in [0, 0.05) is 30.2 Å². The van der Waals surface area contributed by atoms with E-state index in [1.54, 1.807) is 11.8 Å². The van der Waals surface area contributed by atoms with Gasteiger partial charge in [0.1, 0.15) is 0 Å². The van der Waals surface area contributed by atoms with Crippen LogP contribution in [-0.4, -0.2) is 39.0 Å². The van der Waals surface area contributed by atoms with E-state index in [-0.39, 0.29) is 10.8 Å². The molecule has 23 heavy (non-hydrogen) atoms. The van der Waals surface area contributed by atoms with E-state index in [0.29, 0.717) is 11.3 Å². The molecule has 0 aliphatic heterocycles. The molecule has 0 bridgehead atoms. The highest BCUT2D eigenvalue weighted by molar-refractivity contribution is 7.98. The fraction of sp³-hybridized carbons (Fsp3) is 0.188. The summed E-state index contributed by atoms with van der Waals surface area (Å²) in [6.07, 6.45) is 1.96. The Hall–Kier alpha value is -1.83. The number of benzene rings is 2. The number of hydrogen-bond acceptors (Lipinski definition) is 4. The maximum Gasteiger partial charge on any atom is 0.255 e. The first-order chi connectivity index (χ1) is 10.8. The van der Waals surface area contributed by atoms with E-state index in [4.69, 9.17) is 0 Å². The zero-order chi connectivity index (χ0) is 17.0. The van der Waals surface area contributed by atoms with Crippen LogP contribution in [0.15, 0.2) is 58.3 Å². The molecule has 0 saturated carbocycles. The van der Waals surface area contributed by atoms with Crippen LogP contribution in [0.2, 0.25) is 0 Å². The molecule has 1 amide bonds. The summed E-state index contributed by atoms with van der Waals surface area (Å²) in [5, 5.41) is 2.80. The van der Waals surface area contributed by atoms with Crippen molar-refractivity contribution in [2.45, 2.75) is 9.79 Å². The summed E-state index contributed by atoms with van der Waals surface area (Å²) < 4.78 is 25.1. The minimum Gasteiger partial charge on any atom is -0.322 e. The molecular formula is C16H18N2O3S2. The number of thioether (sulfide) groups is 1. The standard InChI is InChI=1S/C16H18N2O3S2/c1-18(2)23(20,21)15-9-7-12(8-10-15)16(19)17-13-5-4-6-14(11-13)22-3/h4-11H,1-3H3,(H,17,19). The van der Waals surface area contributed by atoms with E-state index in [1.165, 1.54) is 38.4 Å². The Bertz CT molecular complexity index is 800. The maximum absolute atomic E-state index is 12.2. The topological polar surface area (TPSA) is 66.5 Å². The van der Waals surface area contributed by atoms with Gasteiger partial charge in [-0.3, -0.25) is 4.79 Å². The third-order valence-electron chi connectivity index (χ3n) is 3.22. The molecule has 0 aliphatic rings. The summed E-state index contributed by atoms with van der Waals surface area (Å²) >= 11 is 1.59. The predicted molar refractivity (Wildman–Crippen MR) is 93.5 cm³/mol. The number of hydrogen-bond donors (Lipinski definition) is 1. The van der Waals surface area contributed by atoms with Gasteiger partial charge in [-0.1, -0.05) is 6.07 Å². The lowest BCUT2D eigenvalue weighted by Crippen LogP contribution is -2.22. The summed E-state index contributed by atoms with van der Waals surface area (Å²) in [7, 11) is -0.554. The first-order valence-electron chi connectivity index (χ1n) is 6.82. The average Bonchev–Trinajstić information content (AvgIpc) is 2.55. The number of nitrogens with one attached hydrogen (secondary N) is 1. The summed E-state index contributed by atoms with van der Waals surface area (Å²) in [5.74, 6) is -0.281. The van der Waals surface area contributed by atoms with Crippen LogP contribution in [0, 0.1) is 0 Å². The number of anilines is 1. The number of carbonyl (C=O) groups is 1. The van der Waals surface area contributed by atoms with Gasteiger partial charge in [0.2, 0.25) is 10.0 Å². The molecule has 0 saturated heterocycles. The lowest BCUT2D eigenvalue weighted by molar-refractivity contribution is 0.102. The van der Waals surface area contributed by atoms with Gasteiger partial charge in [0.25, 0.3) is 5.91 Å². The van der Waals surface area contributed by atoms with Crippen molar-refractivity contribution >= 4 is 33.4 Å². The van der Waals surface area contributed by atoms with Crippen LogP contribution in [0.25, 0.3) is 0 Å². The van der Waals surface area contributed by atoms with Gasteiger partial charge in [-0.25, -0.2) is 12.7 Å². The van der Waals surface area contributed by atoms with E-state index in [0.717, 1.165) is 9.20 Å². The molecule has 0 heterocycles. The van der Waals surface area contributed by atoms with Crippen LogP contribution in [0.3, 0.4) is 0 Å². The molecule has 0 atom stereocenters. The van der Waals surface area contributed by atoms with E-state index < -0.39 is 10.0 Å². The van der Waals surface area contributed by atoms with Crippen LogP contribution in [-0.2, 0) is 10.0 Å². The fourth-order valence-corrected chi connectivity index (χ4v) is 3.25. The second-order valence-electron chi connectivity index (χ2n) is 5.00. The lowest BCUT2D eigenvalue weighted by Gasteiger charge is -2.11. The van der Waals surface area contributed by atoms with E-state index >= 15 is 0 Å². The Balaban J connectivity index is 2.17. The fourth-order valence-electron chi connectivity index (χ4n) is 1.89. The molecule has 0 aromatic heterocycles. The molecule has 122 valence electrons. The number of rotatable bonds is 5. The smallest absolute Gasteiger partial charge is 0.255 e. The highest BCUT2D eigenvalue weighted by Gasteiger charge is 2.17. The third kappa shape index (κ3) is 4.13. The summed E-state index contributed by atoms with van der Waals surface area (Å²) in [5.41, 5.74) is 1.10. The second-order valence-corrected chi connectivity index (χ2v) is 8.03. The molecule has 5 nitrogen and oxygen atoms in total. The Kier molecular flexibility index (Phi) is 5.46. The predicted octanol–water partition coefficient (Wildman–Crippen LogP) is 2.91.